The van der Waals surface area contributed by atoms with Gasteiger partial charge in [-0.2, -0.15) is 0 Å². The predicted octanol–water partition coefficient (Wildman–Crippen LogP) is 2.72. The standard InChI is InChI=1S/C9H10ClNS/c1-6(10)9-7-3-5-12-8(7)2-4-11-9/h3,5-6H,2,4H2,1H3. The largest absolute Gasteiger partial charge is 0.287 e. The van der Waals surface area contributed by atoms with Crippen LogP contribution >= 0.6 is 22.9 Å². The van der Waals surface area contributed by atoms with Gasteiger partial charge in [-0.25, -0.2) is 0 Å². The summed E-state index contributed by atoms with van der Waals surface area (Å²) < 4.78 is 0. The molecule has 12 heavy (non-hydrogen) atoms. The molecule has 0 radical (unpaired) electrons. The van der Waals surface area contributed by atoms with Gasteiger partial charge in [0, 0.05) is 23.4 Å². The first-order chi connectivity index (χ1) is 5.79. The van der Waals surface area contributed by atoms with Crippen LogP contribution in [0.1, 0.15) is 17.4 Å². The van der Waals surface area contributed by atoms with E-state index in [2.05, 4.69) is 16.4 Å². The summed E-state index contributed by atoms with van der Waals surface area (Å²) in [4.78, 5) is 5.87. The number of rotatable bonds is 1. The van der Waals surface area contributed by atoms with Crippen LogP contribution in [0.25, 0.3) is 0 Å². The van der Waals surface area contributed by atoms with E-state index in [0.29, 0.717) is 0 Å². The monoisotopic (exact) mass is 199 g/mol. The van der Waals surface area contributed by atoms with Gasteiger partial charge in [0.05, 0.1) is 11.1 Å². The molecule has 1 nitrogen and oxygen atoms in total. The van der Waals surface area contributed by atoms with Gasteiger partial charge in [0.1, 0.15) is 0 Å². The normalized spacial score (nSPS) is 18.3. The van der Waals surface area contributed by atoms with E-state index < -0.39 is 0 Å². The number of hydrogen-bond donors (Lipinski definition) is 0. The number of aliphatic imine (C=N–C) groups is 1. The van der Waals surface area contributed by atoms with Gasteiger partial charge >= 0.3 is 0 Å². The Morgan fingerprint density at radius 2 is 2.50 bits per heavy atom. The Kier molecular flexibility index (Phi) is 2.20. The van der Waals surface area contributed by atoms with E-state index in [1.807, 2.05) is 18.3 Å². The van der Waals surface area contributed by atoms with Crippen LogP contribution in [-0.4, -0.2) is 17.6 Å². The second kappa shape index (κ2) is 3.19. The second-order valence-electron chi connectivity index (χ2n) is 2.89. The molecule has 3 heteroatoms. The zero-order valence-electron chi connectivity index (χ0n) is 6.88. The minimum absolute atomic E-state index is 0.0404. The summed E-state index contributed by atoms with van der Waals surface area (Å²) in [6.45, 7) is 2.88. The molecule has 1 aromatic heterocycles. The van der Waals surface area contributed by atoms with Gasteiger partial charge in [-0.3, -0.25) is 4.99 Å². The molecule has 0 N–H and O–H groups in total. The summed E-state index contributed by atoms with van der Waals surface area (Å²) in [5.41, 5.74) is 2.34. The van der Waals surface area contributed by atoms with Crippen molar-refractivity contribution < 1.29 is 0 Å². The summed E-state index contributed by atoms with van der Waals surface area (Å²) in [5.74, 6) is 0. The summed E-state index contributed by atoms with van der Waals surface area (Å²) in [7, 11) is 0. The van der Waals surface area contributed by atoms with Crippen molar-refractivity contribution in [1.29, 1.82) is 0 Å². The molecular formula is C9H10ClNS. The highest BCUT2D eigenvalue weighted by atomic mass is 35.5. The summed E-state index contributed by atoms with van der Waals surface area (Å²) in [5, 5.41) is 2.16. The van der Waals surface area contributed by atoms with Crippen molar-refractivity contribution >= 4 is 28.6 Å². The first kappa shape index (κ1) is 8.27. The maximum Gasteiger partial charge on any atom is 0.0731 e. The maximum atomic E-state index is 6.02. The molecule has 64 valence electrons. The van der Waals surface area contributed by atoms with Gasteiger partial charge in [0.2, 0.25) is 0 Å². The van der Waals surface area contributed by atoms with Crippen molar-refractivity contribution in [3.05, 3.63) is 21.9 Å². The van der Waals surface area contributed by atoms with Gasteiger partial charge in [-0.05, 0) is 18.4 Å². The lowest BCUT2D eigenvalue weighted by molar-refractivity contribution is 0.952. The Labute approximate surface area is 81.1 Å². The van der Waals surface area contributed by atoms with Crippen molar-refractivity contribution in [2.24, 2.45) is 4.99 Å². The Hall–Kier alpha value is -0.340. The van der Waals surface area contributed by atoms with Gasteiger partial charge < -0.3 is 0 Å². The highest BCUT2D eigenvalue weighted by molar-refractivity contribution is 7.10. The molecule has 0 aromatic carbocycles. The molecule has 0 saturated carbocycles. The van der Waals surface area contributed by atoms with Crippen LogP contribution in [0.3, 0.4) is 0 Å². The van der Waals surface area contributed by atoms with E-state index in [9.17, 15) is 0 Å². The van der Waals surface area contributed by atoms with E-state index in [0.717, 1.165) is 18.7 Å². The Morgan fingerprint density at radius 1 is 1.67 bits per heavy atom. The molecule has 2 heterocycles. The number of halogens is 1. The molecule has 0 fully saturated rings. The summed E-state index contributed by atoms with van der Waals surface area (Å²) in [6.07, 6.45) is 1.08. The van der Waals surface area contributed by atoms with Crippen LogP contribution in [0.5, 0.6) is 0 Å². The average molecular weight is 200 g/mol. The summed E-state index contributed by atoms with van der Waals surface area (Å²) >= 11 is 7.82. The molecule has 0 bridgehead atoms. The van der Waals surface area contributed by atoms with Crippen LogP contribution in [0, 0.1) is 0 Å². The Balaban J connectivity index is 2.43. The van der Waals surface area contributed by atoms with Crippen molar-refractivity contribution in [3.8, 4) is 0 Å². The van der Waals surface area contributed by atoms with Gasteiger partial charge in [-0.1, -0.05) is 0 Å². The molecule has 0 aliphatic carbocycles. The van der Waals surface area contributed by atoms with Crippen LogP contribution in [0.4, 0.5) is 0 Å². The molecule has 1 aromatic rings. The molecular weight excluding hydrogens is 190 g/mol. The van der Waals surface area contributed by atoms with E-state index >= 15 is 0 Å². The number of thiophene rings is 1. The van der Waals surface area contributed by atoms with Crippen LogP contribution in [0.2, 0.25) is 0 Å². The molecule has 1 atom stereocenters. The predicted molar refractivity (Wildman–Crippen MR) is 54.7 cm³/mol. The van der Waals surface area contributed by atoms with Crippen molar-refractivity contribution in [3.63, 3.8) is 0 Å². The number of fused-ring (bicyclic) bond motifs is 1. The molecule has 2 rings (SSSR count). The molecule has 1 unspecified atom stereocenters. The van der Waals surface area contributed by atoms with E-state index in [4.69, 9.17) is 11.6 Å². The van der Waals surface area contributed by atoms with Crippen molar-refractivity contribution in [2.75, 3.05) is 6.54 Å². The third-order valence-electron chi connectivity index (χ3n) is 2.02. The molecule has 0 spiro atoms. The third-order valence-corrected chi connectivity index (χ3v) is 3.21. The number of hydrogen-bond acceptors (Lipinski definition) is 2. The second-order valence-corrected chi connectivity index (χ2v) is 4.55. The van der Waals surface area contributed by atoms with Crippen LogP contribution in [0.15, 0.2) is 16.4 Å². The van der Waals surface area contributed by atoms with Crippen LogP contribution < -0.4 is 0 Å². The summed E-state index contributed by atoms with van der Waals surface area (Å²) in [6, 6.07) is 2.12. The maximum absolute atomic E-state index is 6.02. The Morgan fingerprint density at radius 3 is 3.25 bits per heavy atom. The topological polar surface area (TPSA) is 12.4 Å². The Bertz CT molecular complexity index is 314. The minimum Gasteiger partial charge on any atom is -0.287 e. The zero-order valence-corrected chi connectivity index (χ0v) is 8.45. The van der Waals surface area contributed by atoms with Crippen LogP contribution in [-0.2, 0) is 6.42 Å². The van der Waals surface area contributed by atoms with Gasteiger partial charge in [-0.15, -0.1) is 22.9 Å². The van der Waals surface area contributed by atoms with Crippen molar-refractivity contribution in [1.82, 2.24) is 0 Å². The molecule has 1 aliphatic heterocycles. The number of alkyl halides is 1. The SMILES string of the molecule is CC(Cl)C1=NCCc2sccc21. The smallest absolute Gasteiger partial charge is 0.0731 e. The third kappa shape index (κ3) is 1.29. The first-order valence-corrected chi connectivity index (χ1v) is 5.36. The van der Waals surface area contributed by atoms with Gasteiger partial charge in [0.25, 0.3) is 0 Å². The lowest BCUT2D eigenvalue weighted by Crippen LogP contribution is -2.17. The van der Waals surface area contributed by atoms with E-state index in [1.165, 1.54) is 10.4 Å². The number of nitrogens with zero attached hydrogens (tertiary/aromatic N) is 1. The fourth-order valence-electron chi connectivity index (χ4n) is 1.47. The van der Waals surface area contributed by atoms with Gasteiger partial charge in [0.15, 0.2) is 0 Å². The highest BCUT2D eigenvalue weighted by Crippen LogP contribution is 2.24. The highest BCUT2D eigenvalue weighted by Gasteiger charge is 2.18. The quantitative estimate of drug-likeness (QED) is 0.617. The van der Waals surface area contributed by atoms with Crippen molar-refractivity contribution in [2.45, 2.75) is 18.7 Å². The zero-order chi connectivity index (χ0) is 8.55. The minimum atomic E-state index is 0.0404. The average Bonchev–Trinajstić information content (AvgIpc) is 2.49. The van der Waals surface area contributed by atoms with E-state index in [-0.39, 0.29) is 5.38 Å². The van der Waals surface area contributed by atoms with E-state index in [1.54, 1.807) is 0 Å². The molecule has 0 saturated heterocycles. The first-order valence-electron chi connectivity index (χ1n) is 4.04. The lowest BCUT2D eigenvalue weighted by atomic mass is 10.0. The molecule has 0 amide bonds. The lowest BCUT2D eigenvalue weighted by Gasteiger charge is -2.14. The fourth-order valence-corrected chi connectivity index (χ4v) is 2.53. The fraction of sp³-hybridized carbons (Fsp3) is 0.444. The molecule has 1 aliphatic rings.